The third-order valence-corrected chi connectivity index (χ3v) is 3.81. The summed E-state index contributed by atoms with van der Waals surface area (Å²) in [5, 5.41) is 0. The van der Waals surface area contributed by atoms with Crippen LogP contribution in [0.15, 0.2) is 85.3 Å². The minimum Gasteiger partial charge on any atom is -0.295 e. The summed E-state index contributed by atoms with van der Waals surface area (Å²) in [6.07, 6.45) is 33.2. The number of hydrogen-bond donors (Lipinski definition) is 0. The number of allylic oxidation sites excluding steroid dienone is 10. The first kappa shape index (κ1) is 21.7. The fourth-order valence-electron chi connectivity index (χ4n) is 2.37. The Morgan fingerprint density at radius 2 is 1.19 bits per heavy atom. The van der Waals surface area contributed by atoms with E-state index in [0.717, 1.165) is 44.9 Å². The van der Waals surface area contributed by atoms with Crippen LogP contribution >= 0.6 is 0 Å². The van der Waals surface area contributed by atoms with E-state index < -0.39 is 0 Å². The summed E-state index contributed by atoms with van der Waals surface area (Å²) < 4.78 is 1.65. The Morgan fingerprint density at radius 3 is 1.69 bits per heavy atom. The molecule has 1 heterocycles. The van der Waals surface area contributed by atoms with Crippen LogP contribution in [0.25, 0.3) is 0 Å². The number of unbranched alkanes of at least 4 members (excludes halogenated alkanes) is 1. The molecule has 0 aliphatic heterocycles. The van der Waals surface area contributed by atoms with E-state index in [1.807, 2.05) is 12.1 Å². The second kappa shape index (κ2) is 16.1. The zero-order valence-corrected chi connectivity index (χ0v) is 16.1. The molecule has 1 rings (SSSR count). The highest BCUT2D eigenvalue weighted by atomic mass is 16.1. The topological polar surface area (TPSA) is 22.0 Å². The summed E-state index contributed by atoms with van der Waals surface area (Å²) in [6.45, 7) is 2.15. The van der Waals surface area contributed by atoms with E-state index in [9.17, 15) is 4.79 Å². The standard InChI is InChI=1S/C24H33NO/c1-2-3-4-5-6-7-8-9-10-11-12-13-14-15-16-17-18-21-24(26)25-22-19-20-23-25/h3-4,6-7,9-10,12-13,15-16,19-20,22-23H,2,5,8,11,14,17-18,21H2,1H3/b4-3-,7-6-,10-9-,13-12-,16-15-. The maximum Gasteiger partial charge on any atom is 0.230 e. The lowest BCUT2D eigenvalue weighted by Crippen LogP contribution is -2.06. The van der Waals surface area contributed by atoms with Gasteiger partial charge in [0, 0.05) is 18.8 Å². The Morgan fingerprint density at radius 1 is 0.731 bits per heavy atom. The summed E-state index contributed by atoms with van der Waals surface area (Å²) in [5.41, 5.74) is 0. The normalized spacial score (nSPS) is 12.7. The number of aromatic nitrogens is 1. The van der Waals surface area contributed by atoms with Crippen molar-refractivity contribution in [1.82, 2.24) is 4.57 Å². The zero-order chi connectivity index (χ0) is 18.7. The van der Waals surface area contributed by atoms with Gasteiger partial charge in [-0.15, -0.1) is 0 Å². The quantitative estimate of drug-likeness (QED) is 0.276. The van der Waals surface area contributed by atoms with Gasteiger partial charge in [0.2, 0.25) is 5.91 Å². The number of rotatable bonds is 13. The molecule has 0 atom stereocenters. The lowest BCUT2D eigenvalue weighted by molar-refractivity contribution is 0.0900. The van der Waals surface area contributed by atoms with Crippen molar-refractivity contribution in [2.24, 2.45) is 0 Å². The molecule has 140 valence electrons. The first-order valence-electron chi connectivity index (χ1n) is 9.75. The van der Waals surface area contributed by atoms with Gasteiger partial charge in [-0.2, -0.15) is 0 Å². The second-order valence-corrected chi connectivity index (χ2v) is 6.08. The molecule has 0 unspecified atom stereocenters. The summed E-state index contributed by atoms with van der Waals surface area (Å²) in [4.78, 5) is 11.8. The molecule has 0 fully saturated rings. The molecule has 26 heavy (non-hydrogen) atoms. The lowest BCUT2D eigenvalue weighted by Gasteiger charge is -1.99. The van der Waals surface area contributed by atoms with Gasteiger partial charge >= 0.3 is 0 Å². The third-order valence-electron chi connectivity index (χ3n) is 3.81. The molecule has 0 saturated carbocycles. The van der Waals surface area contributed by atoms with Gasteiger partial charge in [-0.1, -0.05) is 67.7 Å². The van der Waals surface area contributed by atoms with Crippen molar-refractivity contribution in [3.8, 4) is 0 Å². The van der Waals surface area contributed by atoms with Crippen LogP contribution in [0.4, 0.5) is 0 Å². The van der Waals surface area contributed by atoms with Gasteiger partial charge in [0.1, 0.15) is 0 Å². The van der Waals surface area contributed by atoms with Crippen LogP contribution in [-0.2, 0) is 0 Å². The molecule has 0 amide bonds. The maximum absolute atomic E-state index is 11.8. The predicted molar refractivity (Wildman–Crippen MR) is 113 cm³/mol. The van der Waals surface area contributed by atoms with Gasteiger partial charge in [0.05, 0.1) is 0 Å². The largest absolute Gasteiger partial charge is 0.295 e. The smallest absolute Gasteiger partial charge is 0.230 e. The van der Waals surface area contributed by atoms with Crippen molar-refractivity contribution >= 4 is 5.91 Å². The van der Waals surface area contributed by atoms with Gasteiger partial charge in [0.25, 0.3) is 0 Å². The Kier molecular flexibility index (Phi) is 13.5. The molecule has 1 aromatic rings. The van der Waals surface area contributed by atoms with E-state index in [2.05, 4.69) is 67.7 Å². The second-order valence-electron chi connectivity index (χ2n) is 6.08. The van der Waals surface area contributed by atoms with Gasteiger partial charge in [-0.05, 0) is 57.1 Å². The number of carbonyl (C=O) groups excluding carboxylic acids is 1. The molecular weight excluding hydrogens is 318 g/mol. The van der Waals surface area contributed by atoms with Crippen LogP contribution in [-0.4, -0.2) is 10.5 Å². The minimum absolute atomic E-state index is 0.169. The molecule has 0 aliphatic rings. The van der Waals surface area contributed by atoms with Gasteiger partial charge < -0.3 is 0 Å². The lowest BCUT2D eigenvalue weighted by atomic mass is 10.2. The number of carbonyl (C=O) groups is 1. The number of nitrogens with zero attached hydrogens (tertiary/aromatic N) is 1. The Balaban J connectivity index is 1.96. The fraction of sp³-hybridized carbons (Fsp3) is 0.375. The maximum atomic E-state index is 11.8. The van der Waals surface area contributed by atoms with E-state index in [-0.39, 0.29) is 5.91 Å². The molecule has 0 bridgehead atoms. The molecular formula is C24H33NO. The molecule has 2 nitrogen and oxygen atoms in total. The Labute approximate surface area is 159 Å². The highest BCUT2D eigenvalue weighted by molar-refractivity contribution is 5.78. The van der Waals surface area contributed by atoms with E-state index in [1.165, 1.54) is 0 Å². The highest BCUT2D eigenvalue weighted by Crippen LogP contribution is 2.02. The first-order valence-corrected chi connectivity index (χ1v) is 9.75. The van der Waals surface area contributed by atoms with Gasteiger partial charge in [0.15, 0.2) is 0 Å². The van der Waals surface area contributed by atoms with Gasteiger partial charge in [-0.25, -0.2) is 0 Å². The first-order chi connectivity index (χ1) is 12.8. The predicted octanol–water partition coefficient (Wildman–Crippen LogP) is 7.05. The summed E-state index contributed by atoms with van der Waals surface area (Å²) in [5.74, 6) is 0.169. The Hall–Kier alpha value is -2.35. The molecule has 1 aromatic heterocycles. The van der Waals surface area contributed by atoms with Crippen molar-refractivity contribution in [1.29, 1.82) is 0 Å². The van der Waals surface area contributed by atoms with Crippen LogP contribution < -0.4 is 0 Å². The van der Waals surface area contributed by atoms with E-state index in [4.69, 9.17) is 0 Å². The summed E-state index contributed by atoms with van der Waals surface area (Å²) in [6, 6.07) is 3.75. The van der Waals surface area contributed by atoms with Crippen molar-refractivity contribution in [2.45, 2.75) is 58.3 Å². The van der Waals surface area contributed by atoms with Crippen LogP contribution in [0.3, 0.4) is 0 Å². The molecule has 0 aliphatic carbocycles. The molecule has 0 aromatic carbocycles. The van der Waals surface area contributed by atoms with E-state index in [1.54, 1.807) is 17.0 Å². The molecule has 0 saturated heterocycles. The van der Waals surface area contributed by atoms with Crippen molar-refractivity contribution in [3.05, 3.63) is 85.3 Å². The minimum atomic E-state index is 0.169. The molecule has 0 radical (unpaired) electrons. The molecule has 0 N–H and O–H groups in total. The SMILES string of the molecule is CC/C=C\C/C=C\C/C=C\C/C=C\C/C=C\CCCC(=O)n1cccc1. The van der Waals surface area contributed by atoms with Crippen LogP contribution in [0.1, 0.15) is 63.1 Å². The van der Waals surface area contributed by atoms with Crippen molar-refractivity contribution in [2.75, 3.05) is 0 Å². The average molecular weight is 352 g/mol. The van der Waals surface area contributed by atoms with Gasteiger partial charge in [-0.3, -0.25) is 9.36 Å². The van der Waals surface area contributed by atoms with Crippen LogP contribution in [0.2, 0.25) is 0 Å². The third kappa shape index (κ3) is 12.1. The molecule has 2 heteroatoms. The highest BCUT2D eigenvalue weighted by Gasteiger charge is 2.00. The Bertz CT molecular complexity index is 600. The van der Waals surface area contributed by atoms with Crippen molar-refractivity contribution in [3.63, 3.8) is 0 Å². The number of hydrogen-bond acceptors (Lipinski definition) is 1. The van der Waals surface area contributed by atoms with Crippen molar-refractivity contribution < 1.29 is 4.79 Å². The summed E-state index contributed by atoms with van der Waals surface area (Å²) in [7, 11) is 0. The van der Waals surface area contributed by atoms with Crippen LogP contribution in [0.5, 0.6) is 0 Å². The monoisotopic (exact) mass is 351 g/mol. The molecule has 0 spiro atoms. The van der Waals surface area contributed by atoms with Crippen LogP contribution in [0, 0.1) is 0 Å². The fourth-order valence-corrected chi connectivity index (χ4v) is 2.37. The van der Waals surface area contributed by atoms with E-state index in [0.29, 0.717) is 6.42 Å². The summed E-state index contributed by atoms with van der Waals surface area (Å²) >= 11 is 0. The zero-order valence-electron chi connectivity index (χ0n) is 16.1. The average Bonchev–Trinajstić information content (AvgIpc) is 3.19. The van der Waals surface area contributed by atoms with E-state index >= 15 is 0 Å².